The number of para-hydroxylation sites is 1. The zero-order valence-corrected chi connectivity index (χ0v) is 18.4. The Hall–Kier alpha value is -3.81. The molecule has 0 aliphatic heterocycles. The summed E-state index contributed by atoms with van der Waals surface area (Å²) in [6.45, 7) is 2.26. The Labute approximate surface area is 185 Å². The minimum atomic E-state index is -0.319. The fourth-order valence-corrected chi connectivity index (χ4v) is 3.95. The van der Waals surface area contributed by atoms with Crippen LogP contribution in [0.15, 0.2) is 53.3 Å². The van der Waals surface area contributed by atoms with Crippen LogP contribution in [0.4, 0.5) is 0 Å². The molecule has 8 heteroatoms. The van der Waals surface area contributed by atoms with Gasteiger partial charge in [0.2, 0.25) is 5.91 Å². The van der Waals surface area contributed by atoms with Crippen molar-refractivity contribution in [1.82, 2.24) is 19.5 Å². The van der Waals surface area contributed by atoms with Crippen LogP contribution >= 0.6 is 0 Å². The minimum absolute atomic E-state index is 0.146. The highest BCUT2D eigenvalue weighted by molar-refractivity contribution is 5.92. The maximum atomic E-state index is 13.1. The standard InChI is InChI=1S/C24H26N4O4/c1-4-22-26-27(15-23(29)25-13-12-16-8-5-6-10-20(16)31-2)24(30)19-14-17-18(28(19)22)9-7-11-21(17)32-3/h5-11,14H,4,12-13,15H2,1-3H3,(H,25,29). The molecule has 0 aliphatic carbocycles. The molecule has 0 unspecified atom stereocenters. The van der Waals surface area contributed by atoms with E-state index < -0.39 is 0 Å². The molecule has 4 rings (SSSR count). The van der Waals surface area contributed by atoms with Gasteiger partial charge in [0.15, 0.2) is 0 Å². The summed E-state index contributed by atoms with van der Waals surface area (Å²) in [4.78, 5) is 25.7. The van der Waals surface area contributed by atoms with Gasteiger partial charge in [0, 0.05) is 18.4 Å². The van der Waals surface area contributed by atoms with Crippen LogP contribution < -0.4 is 20.3 Å². The molecule has 4 aromatic rings. The zero-order chi connectivity index (χ0) is 22.7. The number of ether oxygens (including phenoxy) is 2. The normalized spacial score (nSPS) is 11.1. The van der Waals surface area contributed by atoms with Crippen LogP contribution in [0.25, 0.3) is 16.4 Å². The molecule has 0 saturated heterocycles. The van der Waals surface area contributed by atoms with E-state index in [1.54, 1.807) is 20.3 Å². The highest BCUT2D eigenvalue weighted by Crippen LogP contribution is 2.28. The average molecular weight is 434 g/mol. The summed E-state index contributed by atoms with van der Waals surface area (Å²) >= 11 is 0. The van der Waals surface area contributed by atoms with Crippen molar-refractivity contribution in [2.45, 2.75) is 26.3 Å². The number of nitrogens with zero attached hydrogens (tertiary/aromatic N) is 3. The van der Waals surface area contributed by atoms with Gasteiger partial charge in [-0.15, -0.1) is 0 Å². The van der Waals surface area contributed by atoms with Crippen LogP contribution in [0, 0.1) is 0 Å². The van der Waals surface area contributed by atoms with Gasteiger partial charge >= 0.3 is 0 Å². The monoisotopic (exact) mass is 434 g/mol. The van der Waals surface area contributed by atoms with Crippen molar-refractivity contribution in [3.63, 3.8) is 0 Å². The lowest BCUT2D eigenvalue weighted by molar-refractivity contribution is -0.121. The third kappa shape index (κ3) is 3.91. The van der Waals surface area contributed by atoms with Crippen LogP contribution in [0.2, 0.25) is 0 Å². The predicted octanol–water partition coefficient (Wildman–Crippen LogP) is 2.59. The van der Waals surface area contributed by atoms with Crippen LogP contribution in [-0.2, 0) is 24.2 Å². The van der Waals surface area contributed by atoms with E-state index in [0.717, 1.165) is 22.2 Å². The summed E-state index contributed by atoms with van der Waals surface area (Å²) in [6, 6.07) is 15.2. The lowest BCUT2D eigenvalue weighted by Crippen LogP contribution is -2.36. The first-order valence-corrected chi connectivity index (χ1v) is 10.5. The van der Waals surface area contributed by atoms with Crippen molar-refractivity contribution in [1.29, 1.82) is 0 Å². The van der Waals surface area contributed by atoms with Crippen molar-refractivity contribution < 1.29 is 14.3 Å². The van der Waals surface area contributed by atoms with Gasteiger partial charge in [0.1, 0.15) is 29.4 Å². The van der Waals surface area contributed by atoms with Crippen molar-refractivity contribution >= 4 is 22.3 Å². The van der Waals surface area contributed by atoms with Gasteiger partial charge in [0.05, 0.1) is 19.7 Å². The number of aryl methyl sites for hydroxylation is 1. The molecule has 0 bridgehead atoms. The van der Waals surface area contributed by atoms with Crippen molar-refractivity contribution in [3.8, 4) is 11.5 Å². The van der Waals surface area contributed by atoms with Gasteiger partial charge in [-0.25, -0.2) is 4.68 Å². The molecule has 1 amide bonds. The molecule has 0 radical (unpaired) electrons. The number of nitrogens with one attached hydrogen (secondary N) is 1. The van der Waals surface area contributed by atoms with Gasteiger partial charge < -0.3 is 14.8 Å². The second-order valence-electron chi connectivity index (χ2n) is 7.40. The fraction of sp³-hybridized carbons (Fsp3) is 0.292. The number of benzene rings is 2. The molecule has 32 heavy (non-hydrogen) atoms. The third-order valence-corrected chi connectivity index (χ3v) is 5.49. The van der Waals surface area contributed by atoms with Crippen LogP contribution in [0.1, 0.15) is 18.3 Å². The quantitative estimate of drug-likeness (QED) is 0.461. The van der Waals surface area contributed by atoms with E-state index in [-0.39, 0.29) is 18.0 Å². The molecular weight excluding hydrogens is 408 g/mol. The summed E-state index contributed by atoms with van der Waals surface area (Å²) in [6.07, 6.45) is 1.23. The second-order valence-corrected chi connectivity index (χ2v) is 7.40. The zero-order valence-electron chi connectivity index (χ0n) is 18.4. The SMILES string of the molecule is CCc1nn(CC(=O)NCCc2ccccc2OC)c(=O)c2cc3c(OC)cccc3n12. The van der Waals surface area contributed by atoms with E-state index >= 15 is 0 Å². The molecule has 8 nitrogen and oxygen atoms in total. The van der Waals surface area contributed by atoms with Gasteiger partial charge in [-0.05, 0) is 36.2 Å². The van der Waals surface area contributed by atoms with E-state index in [1.165, 1.54) is 4.68 Å². The highest BCUT2D eigenvalue weighted by atomic mass is 16.5. The molecule has 0 spiro atoms. The van der Waals surface area contributed by atoms with E-state index in [0.29, 0.717) is 36.5 Å². The number of hydrogen-bond donors (Lipinski definition) is 1. The first kappa shape index (κ1) is 21.4. The maximum absolute atomic E-state index is 13.1. The van der Waals surface area contributed by atoms with Gasteiger partial charge in [-0.1, -0.05) is 31.2 Å². The summed E-state index contributed by atoms with van der Waals surface area (Å²) in [7, 11) is 3.22. The molecule has 0 atom stereocenters. The topological polar surface area (TPSA) is 86.9 Å². The maximum Gasteiger partial charge on any atom is 0.291 e. The molecule has 2 aromatic carbocycles. The van der Waals surface area contributed by atoms with Gasteiger partial charge in [-0.3, -0.25) is 14.0 Å². The number of hydrogen-bond acceptors (Lipinski definition) is 5. The third-order valence-electron chi connectivity index (χ3n) is 5.49. The number of carbonyl (C=O) groups is 1. The minimum Gasteiger partial charge on any atom is -0.496 e. The number of carbonyl (C=O) groups excluding carboxylic acids is 1. The Morgan fingerprint density at radius 2 is 1.78 bits per heavy atom. The van der Waals surface area contributed by atoms with Crippen LogP contribution in [-0.4, -0.2) is 40.9 Å². The molecule has 1 N–H and O–H groups in total. The fourth-order valence-electron chi connectivity index (χ4n) is 3.95. The first-order valence-electron chi connectivity index (χ1n) is 10.5. The summed E-state index contributed by atoms with van der Waals surface area (Å²) < 4.78 is 13.9. The lowest BCUT2D eigenvalue weighted by Gasteiger charge is -2.11. The van der Waals surface area contributed by atoms with Crippen molar-refractivity contribution in [3.05, 3.63) is 70.3 Å². The van der Waals surface area contributed by atoms with Crippen LogP contribution in [0.5, 0.6) is 11.5 Å². The Bertz CT molecular complexity index is 1340. The molecule has 0 fully saturated rings. The Balaban J connectivity index is 1.58. The summed E-state index contributed by atoms with van der Waals surface area (Å²) in [5, 5.41) is 8.18. The molecule has 0 saturated carbocycles. The van der Waals surface area contributed by atoms with E-state index in [9.17, 15) is 9.59 Å². The van der Waals surface area contributed by atoms with Crippen LogP contribution in [0.3, 0.4) is 0 Å². The molecule has 0 aliphatic rings. The Morgan fingerprint density at radius 1 is 1.03 bits per heavy atom. The number of methoxy groups -OCH3 is 2. The van der Waals surface area contributed by atoms with Gasteiger partial charge in [0.25, 0.3) is 5.56 Å². The number of amides is 1. The van der Waals surface area contributed by atoms with E-state index in [4.69, 9.17) is 9.47 Å². The van der Waals surface area contributed by atoms with Gasteiger partial charge in [-0.2, -0.15) is 5.10 Å². The lowest BCUT2D eigenvalue weighted by atomic mass is 10.1. The largest absolute Gasteiger partial charge is 0.496 e. The highest BCUT2D eigenvalue weighted by Gasteiger charge is 2.17. The molecule has 166 valence electrons. The second kappa shape index (κ2) is 9.13. The van der Waals surface area contributed by atoms with E-state index in [1.807, 2.05) is 53.8 Å². The Morgan fingerprint density at radius 3 is 2.53 bits per heavy atom. The van der Waals surface area contributed by atoms with Crippen molar-refractivity contribution in [2.24, 2.45) is 0 Å². The number of fused-ring (bicyclic) bond motifs is 3. The summed E-state index contributed by atoms with van der Waals surface area (Å²) in [5.41, 5.74) is 2.02. The van der Waals surface area contributed by atoms with Crippen molar-refractivity contribution in [2.75, 3.05) is 20.8 Å². The predicted molar refractivity (Wildman–Crippen MR) is 123 cm³/mol. The Kier molecular flexibility index (Phi) is 6.11. The smallest absolute Gasteiger partial charge is 0.291 e. The molecule has 2 aromatic heterocycles. The number of rotatable bonds is 8. The molecule has 2 heterocycles. The molecular formula is C24H26N4O4. The average Bonchev–Trinajstić information content (AvgIpc) is 3.21. The number of aromatic nitrogens is 3. The summed E-state index contributed by atoms with van der Waals surface area (Å²) in [5.74, 6) is 1.90. The van der Waals surface area contributed by atoms with E-state index in [2.05, 4.69) is 10.4 Å². The first-order chi connectivity index (χ1) is 15.6.